The van der Waals surface area contributed by atoms with Crippen molar-refractivity contribution in [1.29, 1.82) is 0 Å². The van der Waals surface area contributed by atoms with Crippen LogP contribution in [-0.4, -0.2) is 46.1 Å². The third-order valence-electron chi connectivity index (χ3n) is 4.94. The van der Waals surface area contributed by atoms with E-state index < -0.39 is 0 Å². The average molecular weight is 354 g/mol. The number of aryl methyl sites for hydroxylation is 1. The summed E-state index contributed by atoms with van der Waals surface area (Å²) in [5.41, 5.74) is 3.45. The second-order valence-electron chi connectivity index (χ2n) is 6.79. The van der Waals surface area contributed by atoms with E-state index in [1.807, 2.05) is 43.0 Å². The summed E-state index contributed by atoms with van der Waals surface area (Å²) in [6.07, 6.45) is 5.34. The molecular weight excluding hydrogens is 328 g/mol. The second-order valence-corrected chi connectivity index (χ2v) is 6.79. The van der Waals surface area contributed by atoms with E-state index in [2.05, 4.69) is 10.4 Å². The fourth-order valence-electron chi connectivity index (χ4n) is 3.35. The first-order valence-corrected chi connectivity index (χ1v) is 9.24. The molecule has 0 saturated carbocycles. The van der Waals surface area contributed by atoms with Gasteiger partial charge in [0.25, 0.3) is 5.91 Å². The highest BCUT2D eigenvalue weighted by Crippen LogP contribution is 2.17. The molecule has 2 aromatic rings. The molecule has 0 atom stereocenters. The summed E-state index contributed by atoms with van der Waals surface area (Å²) in [6, 6.07) is 7.95. The molecule has 1 N–H and O–H groups in total. The minimum Gasteiger partial charge on any atom is -0.350 e. The molecule has 1 aliphatic heterocycles. The predicted molar refractivity (Wildman–Crippen MR) is 100 cm³/mol. The van der Waals surface area contributed by atoms with Crippen molar-refractivity contribution in [3.63, 3.8) is 0 Å². The smallest absolute Gasteiger partial charge is 0.254 e. The molecule has 1 aromatic carbocycles. The van der Waals surface area contributed by atoms with Gasteiger partial charge in [0, 0.05) is 26.1 Å². The van der Waals surface area contributed by atoms with Crippen molar-refractivity contribution in [2.75, 3.05) is 19.6 Å². The van der Waals surface area contributed by atoms with Crippen LogP contribution in [0.4, 0.5) is 0 Å². The fourth-order valence-corrected chi connectivity index (χ4v) is 3.35. The summed E-state index contributed by atoms with van der Waals surface area (Å²) < 4.78 is 1.79. The molecule has 1 aliphatic rings. The van der Waals surface area contributed by atoms with Gasteiger partial charge < -0.3 is 10.2 Å². The largest absolute Gasteiger partial charge is 0.350 e. The SMILES string of the molecule is Cc1ccccc1-n1ncc(C(=O)NCCN2CCCCCC2=O)c1C. The van der Waals surface area contributed by atoms with Gasteiger partial charge in [-0.2, -0.15) is 5.10 Å². The van der Waals surface area contributed by atoms with E-state index in [1.54, 1.807) is 10.9 Å². The molecule has 1 fully saturated rings. The lowest BCUT2D eigenvalue weighted by Gasteiger charge is -2.20. The molecule has 3 rings (SSSR count). The molecule has 0 unspecified atom stereocenters. The first kappa shape index (κ1) is 18.2. The van der Waals surface area contributed by atoms with E-state index in [0.29, 0.717) is 25.1 Å². The zero-order chi connectivity index (χ0) is 18.5. The fraction of sp³-hybridized carbons (Fsp3) is 0.450. The van der Waals surface area contributed by atoms with Crippen LogP contribution in [0.5, 0.6) is 0 Å². The standard InChI is InChI=1S/C20H26N4O2/c1-15-8-5-6-9-18(15)24-16(2)17(14-22-24)20(26)21-11-13-23-12-7-3-4-10-19(23)25/h5-6,8-9,14H,3-4,7,10-13H2,1-2H3,(H,21,26). The molecule has 26 heavy (non-hydrogen) atoms. The van der Waals surface area contributed by atoms with Gasteiger partial charge in [0.2, 0.25) is 5.91 Å². The number of carbonyl (C=O) groups excluding carboxylic acids is 2. The number of hydrogen-bond acceptors (Lipinski definition) is 3. The van der Waals surface area contributed by atoms with Crippen molar-refractivity contribution >= 4 is 11.8 Å². The lowest BCUT2D eigenvalue weighted by atomic mass is 10.2. The average Bonchev–Trinajstić information content (AvgIpc) is 2.89. The number of benzene rings is 1. The molecule has 6 nitrogen and oxygen atoms in total. The molecule has 0 spiro atoms. The van der Waals surface area contributed by atoms with Crippen molar-refractivity contribution < 1.29 is 9.59 Å². The number of para-hydroxylation sites is 1. The maximum absolute atomic E-state index is 12.5. The van der Waals surface area contributed by atoms with Gasteiger partial charge in [-0.05, 0) is 38.3 Å². The first-order valence-electron chi connectivity index (χ1n) is 9.24. The summed E-state index contributed by atoms with van der Waals surface area (Å²) in [5.74, 6) is 0.0462. The number of hydrogen-bond donors (Lipinski definition) is 1. The van der Waals surface area contributed by atoms with E-state index in [4.69, 9.17) is 0 Å². The Morgan fingerprint density at radius 2 is 2.00 bits per heavy atom. The molecule has 0 aliphatic carbocycles. The van der Waals surface area contributed by atoms with Crippen LogP contribution in [0.25, 0.3) is 5.69 Å². The van der Waals surface area contributed by atoms with Gasteiger partial charge in [-0.1, -0.05) is 24.6 Å². The Kier molecular flexibility index (Phi) is 5.71. The highest BCUT2D eigenvalue weighted by molar-refractivity contribution is 5.95. The van der Waals surface area contributed by atoms with E-state index in [9.17, 15) is 9.59 Å². The zero-order valence-corrected chi connectivity index (χ0v) is 15.5. The molecule has 1 aromatic heterocycles. The highest BCUT2D eigenvalue weighted by atomic mass is 16.2. The van der Waals surface area contributed by atoms with Crippen LogP contribution in [0, 0.1) is 13.8 Å². The van der Waals surface area contributed by atoms with Crippen molar-refractivity contribution in [3.05, 3.63) is 47.3 Å². The van der Waals surface area contributed by atoms with Crippen LogP contribution >= 0.6 is 0 Å². The van der Waals surface area contributed by atoms with Gasteiger partial charge in [-0.25, -0.2) is 4.68 Å². The Morgan fingerprint density at radius 3 is 2.81 bits per heavy atom. The Bertz CT molecular complexity index is 797. The highest BCUT2D eigenvalue weighted by Gasteiger charge is 2.18. The topological polar surface area (TPSA) is 67.2 Å². The molecule has 0 bridgehead atoms. The van der Waals surface area contributed by atoms with Crippen LogP contribution in [-0.2, 0) is 4.79 Å². The van der Waals surface area contributed by atoms with Gasteiger partial charge >= 0.3 is 0 Å². The number of nitrogens with one attached hydrogen (secondary N) is 1. The summed E-state index contributed by atoms with van der Waals surface area (Å²) in [6.45, 7) is 5.73. The lowest BCUT2D eigenvalue weighted by Crippen LogP contribution is -2.38. The van der Waals surface area contributed by atoms with Gasteiger partial charge in [-0.15, -0.1) is 0 Å². The van der Waals surface area contributed by atoms with Crippen LogP contribution in [0.15, 0.2) is 30.5 Å². The van der Waals surface area contributed by atoms with E-state index >= 15 is 0 Å². The quantitative estimate of drug-likeness (QED) is 0.897. The third kappa shape index (κ3) is 3.95. The van der Waals surface area contributed by atoms with Crippen LogP contribution in [0.2, 0.25) is 0 Å². The molecule has 2 heterocycles. The Morgan fingerprint density at radius 1 is 1.19 bits per heavy atom. The first-order chi connectivity index (χ1) is 12.6. The van der Waals surface area contributed by atoms with Crippen molar-refractivity contribution in [1.82, 2.24) is 20.0 Å². The molecule has 138 valence electrons. The number of carbonyl (C=O) groups is 2. The van der Waals surface area contributed by atoms with Gasteiger partial charge in [0.15, 0.2) is 0 Å². The zero-order valence-electron chi connectivity index (χ0n) is 15.5. The van der Waals surface area contributed by atoms with E-state index in [-0.39, 0.29) is 11.8 Å². The van der Waals surface area contributed by atoms with Gasteiger partial charge in [-0.3, -0.25) is 9.59 Å². The van der Waals surface area contributed by atoms with Gasteiger partial charge in [0.05, 0.1) is 23.1 Å². The van der Waals surface area contributed by atoms with Crippen LogP contribution < -0.4 is 5.32 Å². The molecule has 6 heteroatoms. The normalized spacial score (nSPS) is 15.0. The van der Waals surface area contributed by atoms with Crippen molar-refractivity contribution in [2.24, 2.45) is 0 Å². The molecular formula is C20H26N4O2. The van der Waals surface area contributed by atoms with Crippen molar-refractivity contribution in [2.45, 2.75) is 39.5 Å². The monoisotopic (exact) mass is 354 g/mol. The Balaban J connectivity index is 1.62. The lowest BCUT2D eigenvalue weighted by molar-refractivity contribution is -0.130. The maximum Gasteiger partial charge on any atom is 0.254 e. The van der Waals surface area contributed by atoms with E-state index in [0.717, 1.165) is 42.8 Å². The molecule has 1 saturated heterocycles. The molecule has 2 amide bonds. The number of rotatable bonds is 5. The minimum absolute atomic E-state index is 0.149. The number of nitrogens with zero attached hydrogens (tertiary/aromatic N) is 3. The summed E-state index contributed by atoms with van der Waals surface area (Å²) in [7, 11) is 0. The molecule has 0 radical (unpaired) electrons. The Labute approximate surface area is 154 Å². The number of likely N-dealkylation sites (tertiary alicyclic amines) is 1. The summed E-state index contributed by atoms with van der Waals surface area (Å²) in [4.78, 5) is 26.4. The van der Waals surface area contributed by atoms with Gasteiger partial charge in [0.1, 0.15) is 0 Å². The number of amides is 2. The van der Waals surface area contributed by atoms with Crippen LogP contribution in [0.1, 0.15) is 47.3 Å². The maximum atomic E-state index is 12.5. The third-order valence-corrected chi connectivity index (χ3v) is 4.94. The predicted octanol–water partition coefficient (Wildman–Crippen LogP) is 2.62. The Hall–Kier alpha value is -2.63. The summed E-state index contributed by atoms with van der Waals surface area (Å²) >= 11 is 0. The summed E-state index contributed by atoms with van der Waals surface area (Å²) in [5, 5.41) is 7.30. The van der Waals surface area contributed by atoms with Crippen molar-refractivity contribution in [3.8, 4) is 5.69 Å². The second kappa shape index (κ2) is 8.17. The van der Waals surface area contributed by atoms with E-state index in [1.165, 1.54) is 0 Å². The number of aromatic nitrogens is 2. The minimum atomic E-state index is -0.149. The van der Waals surface area contributed by atoms with Crippen LogP contribution in [0.3, 0.4) is 0 Å².